The first-order valence-electron chi connectivity index (χ1n) is 7.86. The van der Waals surface area contributed by atoms with Gasteiger partial charge in [0.1, 0.15) is 0 Å². The Morgan fingerprint density at radius 1 is 1.32 bits per heavy atom. The quantitative estimate of drug-likeness (QED) is 0.888. The monoisotopic (exact) mass is 314 g/mol. The van der Waals surface area contributed by atoms with E-state index in [2.05, 4.69) is 40.3 Å². The van der Waals surface area contributed by atoms with E-state index in [9.17, 15) is 4.79 Å². The Morgan fingerprint density at radius 3 is 3.00 bits per heavy atom. The Morgan fingerprint density at radius 2 is 2.23 bits per heavy atom. The third-order valence-corrected chi connectivity index (χ3v) is 5.08. The summed E-state index contributed by atoms with van der Waals surface area (Å²) in [5, 5.41) is 8.69. The molecule has 1 aromatic heterocycles. The van der Waals surface area contributed by atoms with Crippen LogP contribution in [0.3, 0.4) is 0 Å². The summed E-state index contributed by atoms with van der Waals surface area (Å²) in [5.74, 6) is -0.0126. The Labute approximate surface area is 135 Å². The molecule has 3 nitrogen and oxygen atoms in total. The number of thiophene rings is 1. The molecule has 0 aliphatic heterocycles. The number of aryl methyl sites for hydroxylation is 1. The molecule has 22 heavy (non-hydrogen) atoms. The van der Waals surface area contributed by atoms with E-state index in [-0.39, 0.29) is 5.91 Å². The summed E-state index contributed by atoms with van der Waals surface area (Å²) in [6.07, 6.45) is 4.46. The average molecular weight is 314 g/mol. The molecule has 116 valence electrons. The van der Waals surface area contributed by atoms with Crippen LogP contribution in [-0.4, -0.2) is 18.5 Å². The van der Waals surface area contributed by atoms with Crippen LogP contribution in [0.15, 0.2) is 35.7 Å². The molecule has 4 heteroatoms. The molecule has 0 radical (unpaired) electrons. The maximum atomic E-state index is 11.2. The van der Waals surface area contributed by atoms with Crippen molar-refractivity contribution in [1.29, 1.82) is 0 Å². The fourth-order valence-corrected chi connectivity index (χ4v) is 3.78. The lowest BCUT2D eigenvalue weighted by molar-refractivity contribution is -0.114. The molecule has 2 aromatic rings. The summed E-state index contributed by atoms with van der Waals surface area (Å²) in [4.78, 5) is 12.6. The SMILES string of the molecule is CC(=O)Nc1ccc2c(c1)CC(NCCc1cccs1)CC2. The van der Waals surface area contributed by atoms with Crippen LogP contribution in [0.4, 0.5) is 5.69 Å². The molecule has 0 saturated heterocycles. The predicted molar refractivity (Wildman–Crippen MR) is 92.6 cm³/mol. The van der Waals surface area contributed by atoms with Crippen LogP contribution >= 0.6 is 11.3 Å². The highest BCUT2D eigenvalue weighted by Crippen LogP contribution is 2.24. The van der Waals surface area contributed by atoms with Gasteiger partial charge in [0.25, 0.3) is 0 Å². The van der Waals surface area contributed by atoms with E-state index in [0.717, 1.165) is 31.5 Å². The lowest BCUT2D eigenvalue weighted by Gasteiger charge is -2.26. The predicted octanol–water partition coefficient (Wildman–Crippen LogP) is 3.40. The van der Waals surface area contributed by atoms with E-state index in [1.807, 2.05) is 17.4 Å². The third-order valence-electron chi connectivity index (χ3n) is 4.14. The van der Waals surface area contributed by atoms with E-state index in [1.165, 1.54) is 22.4 Å². The van der Waals surface area contributed by atoms with E-state index >= 15 is 0 Å². The van der Waals surface area contributed by atoms with Crippen LogP contribution in [-0.2, 0) is 24.1 Å². The molecule has 2 N–H and O–H groups in total. The zero-order chi connectivity index (χ0) is 15.4. The Kier molecular flexibility index (Phi) is 4.90. The Bertz CT molecular complexity index is 637. The van der Waals surface area contributed by atoms with Gasteiger partial charge in [-0.1, -0.05) is 12.1 Å². The molecule has 1 atom stereocenters. The Hall–Kier alpha value is -1.65. The topological polar surface area (TPSA) is 41.1 Å². The summed E-state index contributed by atoms with van der Waals surface area (Å²) >= 11 is 1.83. The molecule has 0 saturated carbocycles. The first-order chi connectivity index (χ1) is 10.7. The van der Waals surface area contributed by atoms with Gasteiger partial charge >= 0.3 is 0 Å². The third kappa shape index (κ3) is 3.96. The minimum absolute atomic E-state index is 0.0126. The van der Waals surface area contributed by atoms with Gasteiger partial charge in [-0.05, 0) is 60.4 Å². The summed E-state index contributed by atoms with van der Waals surface area (Å²) in [7, 11) is 0. The van der Waals surface area contributed by atoms with Gasteiger partial charge in [-0.2, -0.15) is 0 Å². The fourth-order valence-electron chi connectivity index (χ4n) is 3.07. The molecule has 1 heterocycles. The highest BCUT2D eigenvalue weighted by Gasteiger charge is 2.18. The molecule has 1 aliphatic carbocycles. The molecule has 3 rings (SSSR count). The number of carbonyl (C=O) groups excluding carboxylic acids is 1. The number of hydrogen-bond acceptors (Lipinski definition) is 3. The number of benzene rings is 1. The molecule has 0 bridgehead atoms. The zero-order valence-corrected chi connectivity index (χ0v) is 13.7. The number of rotatable bonds is 5. The van der Waals surface area contributed by atoms with Gasteiger partial charge in [-0.3, -0.25) is 4.79 Å². The number of nitrogens with one attached hydrogen (secondary N) is 2. The van der Waals surface area contributed by atoms with E-state index in [4.69, 9.17) is 0 Å². The van der Waals surface area contributed by atoms with Crippen molar-refractivity contribution in [3.8, 4) is 0 Å². The van der Waals surface area contributed by atoms with Gasteiger partial charge in [-0.15, -0.1) is 11.3 Å². The second-order valence-electron chi connectivity index (χ2n) is 5.89. The maximum absolute atomic E-state index is 11.2. The molecular weight excluding hydrogens is 292 g/mol. The molecule has 1 aliphatic rings. The molecular formula is C18H22N2OS. The van der Waals surface area contributed by atoms with Crippen molar-refractivity contribution in [3.63, 3.8) is 0 Å². The second-order valence-corrected chi connectivity index (χ2v) is 6.92. The smallest absolute Gasteiger partial charge is 0.221 e. The second kappa shape index (κ2) is 7.07. The van der Waals surface area contributed by atoms with Gasteiger partial charge in [-0.25, -0.2) is 0 Å². The largest absolute Gasteiger partial charge is 0.326 e. The minimum atomic E-state index is -0.0126. The summed E-state index contributed by atoms with van der Waals surface area (Å²) in [6.45, 7) is 2.58. The van der Waals surface area contributed by atoms with Crippen LogP contribution < -0.4 is 10.6 Å². The van der Waals surface area contributed by atoms with Gasteiger partial charge in [0, 0.05) is 30.1 Å². The van der Waals surface area contributed by atoms with Crippen molar-refractivity contribution >= 4 is 22.9 Å². The number of fused-ring (bicyclic) bond motifs is 1. The first kappa shape index (κ1) is 15.3. The molecule has 0 spiro atoms. The van der Waals surface area contributed by atoms with Crippen molar-refractivity contribution in [2.45, 2.75) is 38.6 Å². The summed E-state index contributed by atoms with van der Waals surface area (Å²) in [5.41, 5.74) is 3.70. The Balaban J connectivity index is 1.56. The van der Waals surface area contributed by atoms with E-state index in [0.29, 0.717) is 6.04 Å². The molecule has 1 amide bonds. The number of hydrogen-bond donors (Lipinski definition) is 2. The van der Waals surface area contributed by atoms with Gasteiger partial charge in [0.15, 0.2) is 0 Å². The van der Waals surface area contributed by atoms with Crippen molar-refractivity contribution in [1.82, 2.24) is 5.32 Å². The highest BCUT2D eigenvalue weighted by molar-refractivity contribution is 7.09. The average Bonchev–Trinajstić information content (AvgIpc) is 2.99. The standard InChI is InChI=1S/C18H22N2OS/c1-13(21)20-17-7-5-14-4-6-16(11-15(14)12-17)19-9-8-18-3-2-10-22-18/h2-3,5,7,10,12,16,19H,4,6,8-9,11H2,1H3,(H,20,21). The molecule has 0 fully saturated rings. The van der Waals surface area contributed by atoms with Crippen LogP contribution in [0.1, 0.15) is 29.3 Å². The van der Waals surface area contributed by atoms with Crippen molar-refractivity contribution < 1.29 is 4.79 Å². The van der Waals surface area contributed by atoms with Gasteiger partial charge in [0.05, 0.1) is 0 Å². The van der Waals surface area contributed by atoms with E-state index in [1.54, 1.807) is 6.92 Å². The van der Waals surface area contributed by atoms with Crippen molar-refractivity contribution in [3.05, 3.63) is 51.7 Å². The lowest BCUT2D eigenvalue weighted by atomic mass is 9.88. The number of carbonyl (C=O) groups is 1. The molecule has 1 unspecified atom stereocenters. The normalized spacial score (nSPS) is 17.0. The molecule has 1 aromatic carbocycles. The van der Waals surface area contributed by atoms with Crippen LogP contribution in [0.5, 0.6) is 0 Å². The number of amides is 1. The summed E-state index contributed by atoms with van der Waals surface area (Å²) in [6, 6.07) is 11.1. The number of anilines is 1. The van der Waals surface area contributed by atoms with E-state index < -0.39 is 0 Å². The zero-order valence-electron chi connectivity index (χ0n) is 12.9. The maximum Gasteiger partial charge on any atom is 0.221 e. The van der Waals surface area contributed by atoms with Crippen molar-refractivity contribution in [2.24, 2.45) is 0 Å². The van der Waals surface area contributed by atoms with Crippen molar-refractivity contribution in [2.75, 3.05) is 11.9 Å². The fraction of sp³-hybridized carbons (Fsp3) is 0.389. The first-order valence-corrected chi connectivity index (χ1v) is 8.74. The van der Waals surface area contributed by atoms with Crippen LogP contribution in [0.2, 0.25) is 0 Å². The minimum Gasteiger partial charge on any atom is -0.326 e. The van der Waals surface area contributed by atoms with Crippen LogP contribution in [0, 0.1) is 0 Å². The lowest BCUT2D eigenvalue weighted by Crippen LogP contribution is -2.35. The summed E-state index contributed by atoms with van der Waals surface area (Å²) < 4.78 is 0. The highest BCUT2D eigenvalue weighted by atomic mass is 32.1. The van der Waals surface area contributed by atoms with Gasteiger partial charge < -0.3 is 10.6 Å². The van der Waals surface area contributed by atoms with Gasteiger partial charge in [0.2, 0.25) is 5.91 Å². The van der Waals surface area contributed by atoms with Crippen LogP contribution in [0.25, 0.3) is 0 Å².